The molecule has 1 unspecified atom stereocenters. The van der Waals surface area contributed by atoms with Crippen LogP contribution in [0.25, 0.3) is 0 Å². The molecule has 0 saturated heterocycles. The molecule has 102 valence electrons. The second kappa shape index (κ2) is 4.80. The SMILES string of the molecule is CC1=CC(C)[C@@](C)(Cn2ccnc2C)C(C)=C1C=O. The summed E-state index contributed by atoms with van der Waals surface area (Å²) in [6.07, 6.45) is 7.04. The van der Waals surface area contributed by atoms with Crippen molar-refractivity contribution in [1.82, 2.24) is 9.55 Å². The molecule has 0 amide bonds. The Labute approximate surface area is 115 Å². The molecular formula is C16H22N2O. The number of nitrogens with zero attached hydrogens (tertiary/aromatic N) is 2. The minimum Gasteiger partial charge on any atom is -0.334 e. The summed E-state index contributed by atoms with van der Waals surface area (Å²) in [5, 5.41) is 0. The van der Waals surface area contributed by atoms with Gasteiger partial charge in [0.25, 0.3) is 0 Å². The Morgan fingerprint density at radius 1 is 1.42 bits per heavy atom. The van der Waals surface area contributed by atoms with Crippen LogP contribution in [0.3, 0.4) is 0 Å². The first kappa shape index (κ1) is 13.8. The van der Waals surface area contributed by atoms with E-state index in [0.29, 0.717) is 5.92 Å². The molecular weight excluding hydrogens is 236 g/mol. The van der Waals surface area contributed by atoms with E-state index in [9.17, 15) is 4.79 Å². The molecule has 1 aromatic rings. The van der Waals surface area contributed by atoms with Crippen LogP contribution in [0.2, 0.25) is 0 Å². The van der Waals surface area contributed by atoms with Crippen molar-refractivity contribution in [1.29, 1.82) is 0 Å². The predicted molar refractivity (Wildman–Crippen MR) is 76.8 cm³/mol. The van der Waals surface area contributed by atoms with Crippen LogP contribution in [0.5, 0.6) is 0 Å². The Morgan fingerprint density at radius 2 is 2.11 bits per heavy atom. The third-order valence-corrected chi connectivity index (χ3v) is 4.73. The Kier molecular flexibility index (Phi) is 3.48. The number of hydrogen-bond donors (Lipinski definition) is 0. The van der Waals surface area contributed by atoms with Crippen molar-refractivity contribution in [2.45, 2.75) is 41.2 Å². The van der Waals surface area contributed by atoms with Crippen molar-refractivity contribution >= 4 is 6.29 Å². The number of hydrogen-bond acceptors (Lipinski definition) is 2. The van der Waals surface area contributed by atoms with E-state index in [4.69, 9.17) is 0 Å². The molecule has 0 bridgehead atoms. The van der Waals surface area contributed by atoms with Gasteiger partial charge in [0.15, 0.2) is 0 Å². The molecule has 0 aliphatic heterocycles. The topological polar surface area (TPSA) is 34.9 Å². The first-order valence-electron chi connectivity index (χ1n) is 6.73. The lowest BCUT2D eigenvalue weighted by Gasteiger charge is -2.40. The molecule has 1 aromatic heterocycles. The fraction of sp³-hybridized carbons (Fsp3) is 0.500. The highest BCUT2D eigenvalue weighted by Crippen LogP contribution is 2.44. The van der Waals surface area contributed by atoms with E-state index < -0.39 is 0 Å². The van der Waals surface area contributed by atoms with Crippen LogP contribution in [0.4, 0.5) is 0 Å². The molecule has 2 atom stereocenters. The fourth-order valence-electron chi connectivity index (χ4n) is 2.96. The van der Waals surface area contributed by atoms with Crippen molar-refractivity contribution < 1.29 is 4.79 Å². The molecule has 1 heterocycles. The Balaban J connectivity index is 2.45. The molecule has 0 N–H and O–H groups in total. The monoisotopic (exact) mass is 258 g/mol. The maximum absolute atomic E-state index is 11.3. The maximum Gasteiger partial charge on any atom is 0.150 e. The van der Waals surface area contributed by atoms with Crippen LogP contribution in [-0.4, -0.2) is 15.8 Å². The Morgan fingerprint density at radius 3 is 2.63 bits per heavy atom. The first-order chi connectivity index (χ1) is 8.90. The molecule has 0 radical (unpaired) electrons. The molecule has 19 heavy (non-hydrogen) atoms. The summed E-state index contributed by atoms with van der Waals surface area (Å²) in [4.78, 5) is 15.6. The zero-order valence-electron chi connectivity index (χ0n) is 12.4. The van der Waals surface area contributed by atoms with E-state index >= 15 is 0 Å². The van der Waals surface area contributed by atoms with E-state index in [1.54, 1.807) is 0 Å². The van der Waals surface area contributed by atoms with Gasteiger partial charge in [-0.1, -0.05) is 25.5 Å². The lowest BCUT2D eigenvalue weighted by Crippen LogP contribution is -2.34. The highest BCUT2D eigenvalue weighted by Gasteiger charge is 2.37. The van der Waals surface area contributed by atoms with Crippen LogP contribution >= 0.6 is 0 Å². The minimum atomic E-state index is -0.0405. The summed E-state index contributed by atoms with van der Waals surface area (Å²) in [6, 6.07) is 0. The van der Waals surface area contributed by atoms with E-state index in [2.05, 4.69) is 36.4 Å². The van der Waals surface area contributed by atoms with Crippen LogP contribution in [0.15, 0.2) is 35.2 Å². The van der Waals surface area contributed by atoms with E-state index in [1.165, 1.54) is 5.57 Å². The number of imidazole rings is 1. The number of rotatable bonds is 3. The molecule has 1 aliphatic carbocycles. The molecule has 0 saturated carbocycles. The van der Waals surface area contributed by atoms with Gasteiger partial charge in [-0.3, -0.25) is 4.79 Å². The summed E-state index contributed by atoms with van der Waals surface area (Å²) in [6.45, 7) is 11.4. The zero-order valence-corrected chi connectivity index (χ0v) is 12.4. The number of aldehydes is 1. The smallest absolute Gasteiger partial charge is 0.150 e. The Hall–Kier alpha value is -1.64. The van der Waals surface area contributed by atoms with Crippen LogP contribution in [-0.2, 0) is 11.3 Å². The average molecular weight is 258 g/mol. The summed E-state index contributed by atoms with van der Waals surface area (Å²) in [5.41, 5.74) is 3.10. The lowest BCUT2D eigenvalue weighted by molar-refractivity contribution is -0.104. The van der Waals surface area contributed by atoms with Crippen molar-refractivity contribution in [3.63, 3.8) is 0 Å². The van der Waals surface area contributed by atoms with Gasteiger partial charge in [-0.15, -0.1) is 0 Å². The van der Waals surface area contributed by atoms with Gasteiger partial charge in [0.05, 0.1) is 0 Å². The largest absolute Gasteiger partial charge is 0.334 e. The molecule has 0 fully saturated rings. The molecule has 1 aliphatic rings. The molecule has 3 nitrogen and oxygen atoms in total. The normalized spacial score (nSPS) is 27.4. The first-order valence-corrected chi connectivity index (χ1v) is 6.73. The molecule has 0 spiro atoms. The number of aryl methyl sites for hydroxylation is 1. The van der Waals surface area contributed by atoms with E-state index in [1.807, 2.05) is 26.2 Å². The van der Waals surface area contributed by atoms with Crippen molar-refractivity contribution in [3.8, 4) is 0 Å². The van der Waals surface area contributed by atoms with Gasteiger partial charge in [0, 0.05) is 29.9 Å². The van der Waals surface area contributed by atoms with Crippen molar-refractivity contribution in [2.24, 2.45) is 11.3 Å². The minimum absolute atomic E-state index is 0.0405. The van der Waals surface area contributed by atoms with Gasteiger partial charge in [-0.05, 0) is 32.3 Å². The summed E-state index contributed by atoms with van der Waals surface area (Å²) in [5.74, 6) is 1.41. The fourth-order valence-corrected chi connectivity index (χ4v) is 2.96. The van der Waals surface area contributed by atoms with Gasteiger partial charge in [-0.25, -0.2) is 4.98 Å². The second-order valence-electron chi connectivity index (χ2n) is 5.81. The number of aromatic nitrogens is 2. The standard InChI is InChI=1S/C16H22N2O/c1-11-8-12(2)16(5,13(3)15(11)9-19)10-18-7-6-17-14(18)4/h6-9,12H,10H2,1-5H3/t12?,16-/m1/s1. The van der Waals surface area contributed by atoms with Crippen molar-refractivity contribution in [2.75, 3.05) is 0 Å². The maximum atomic E-state index is 11.3. The van der Waals surface area contributed by atoms with Crippen molar-refractivity contribution in [3.05, 3.63) is 41.0 Å². The molecule has 2 rings (SSSR count). The molecule has 3 heteroatoms. The van der Waals surface area contributed by atoms with Gasteiger partial charge >= 0.3 is 0 Å². The number of carbonyl (C=O) groups is 1. The highest BCUT2D eigenvalue weighted by molar-refractivity contribution is 5.82. The number of carbonyl (C=O) groups excluding carboxylic acids is 1. The van der Waals surface area contributed by atoms with Crippen LogP contribution in [0.1, 0.15) is 33.5 Å². The number of allylic oxidation sites excluding steroid dienone is 4. The zero-order chi connectivity index (χ0) is 14.2. The predicted octanol–water partition coefficient (Wildman–Crippen LogP) is 3.31. The summed E-state index contributed by atoms with van der Waals surface area (Å²) >= 11 is 0. The van der Waals surface area contributed by atoms with Gasteiger partial charge in [-0.2, -0.15) is 0 Å². The second-order valence-corrected chi connectivity index (χ2v) is 5.81. The molecule has 0 aromatic carbocycles. The van der Waals surface area contributed by atoms with E-state index in [0.717, 1.165) is 29.8 Å². The average Bonchev–Trinajstić information content (AvgIpc) is 2.73. The van der Waals surface area contributed by atoms with Crippen LogP contribution in [0, 0.1) is 18.3 Å². The van der Waals surface area contributed by atoms with E-state index in [-0.39, 0.29) is 5.41 Å². The van der Waals surface area contributed by atoms with Gasteiger partial charge in [0.1, 0.15) is 12.1 Å². The van der Waals surface area contributed by atoms with Crippen LogP contribution < -0.4 is 0 Å². The highest BCUT2D eigenvalue weighted by atomic mass is 16.1. The van der Waals surface area contributed by atoms with Gasteiger partial charge < -0.3 is 4.57 Å². The summed E-state index contributed by atoms with van der Waals surface area (Å²) < 4.78 is 2.16. The summed E-state index contributed by atoms with van der Waals surface area (Å²) in [7, 11) is 0. The third kappa shape index (κ3) is 2.18. The quantitative estimate of drug-likeness (QED) is 0.780. The lowest BCUT2D eigenvalue weighted by atomic mass is 9.66. The van der Waals surface area contributed by atoms with Gasteiger partial charge in [0.2, 0.25) is 0 Å². The Bertz CT molecular complexity index is 565. The third-order valence-electron chi connectivity index (χ3n) is 4.73.